The molecule has 0 radical (unpaired) electrons. The Bertz CT molecular complexity index is 1400. The van der Waals surface area contributed by atoms with Crippen molar-refractivity contribution in [1.29, 1.82) is 0 Å². The molecule has 1 N–H and O–H groups in total. The highest BCUT2D eigenvalue weighted by Crippen LogP contribution is 2.45. The average Bonchev–Trinajstić information content (AvgIpc) is 3.00. The van der Waals surface area contributed by atoms with Crippen LogP contribution in [0.4, 0.5) is 5.69 Å². The lowest BCUT2D eigenvalue weighted by Gasteiger charge is -2.23. The number of hydrogen-bond donors (Lipinski definition) is 1. The third-order valence-electron chi connectivity index (χ3n) is 6.24. The molecule has 0 bridgehead atoms. The first kappa shape index (κ1) is 21.6. The van der Waals surface area contributed by atoms with Gasteiger partial charge in [0.05, 0.1) is 18.7 Å². The third kappa shape index (κ3) is 3.88. The average molecular weight is 500 g/mol. The molecular weight excluding hydrogens is 478 g/mol. The molecule has 0 aliphatic carbocycles. The van der Waals surface area contributed by atoms with Gasteiger partial charge < -0.3 is 10.0 Å². The number of hydrogen-bond acceptors (Lipinski definition) is 3. The van der Waals surface area contributed by atoms with Crippen LogP contribution in [0.5, 0.6) is 0 Å². The van der Waals surface area contributed by atoms with Gasteiger partial charge in [-0.05, 0) is 47.5 Å². The summed E-state index contributed by atoms with van der Waals surface area (Å²) < 4.78 is 0.739. The van der Waals surface area contributed by atoms with Gasteiger partial charge in [0.25, 0.3) is 5.91 Å². The lowest BCUT2D eigenvalue weighted by molar-refractivity contribution is -0.136. The molecule has 0 spiro atoms. The Morgan fingerprint density at radius 3 is 2.42 bits per heavy atom. The summed E-state index contributed by atoms with van der Waals surface area (Å²) in [5.41, 5.74) is 1.62. The van der Waals surface area contributed by atoms with E-state index in [1.165, 1.54) is 0 Å². The molecule has 4 aromatic rings. The van der Waals surface area contributed by atoms with E-state index in [0.717, 1.165) is 26.4 Å². The van der Waals surface area contributed by atoms with Gasteiger partial charge >= 0.3 is 0 Å². The number of carbonyl (C=O) groups excluding carboxylic acids is 2. The molecule has 0 saturated heterocycles. The Balaban J connectivity index is 1.50. The van der Waals surface area contributed by atoms with Crippen LogP contribution in [0.15, 0.2) is 89.4 Å². The van der Waals surface area contributed by atoms with Crippen molar-refractivity contribution in [3.63, 3.8) is 0 Å². The Hall–Kier alpha value is -3.28. The summed E-state index contributed by atoms with van der Waals surface area (Å²) in [5.74, 6) is -0.756. The fraction of sp³-hybridized carbons (Fsp3) is 0.143. The first-order chi connectivity index (χ1) is 15.8. The molecule has 1 unspecified atom stereocenters. The lowest BCUT2D eigenvalue weighted by atomic mass is 9.88. The van der Waals surface area contributed by atoms with Crippen LogP contribution < -0.4 is 4.90 Å². The fourth-order valence-electron chi connectivity index (χ4n) is 4.44. The molecular formula is C28H22BrNO3. The zero-order chi connectivity index (χ0) is 23.2. The predicted molar refractivity (Wildman–Crippen MR) is 133 cm³/mol. The zero-order valence-electron chi connectivity index (χ0n) is 18.1. The van der Waals surface area contributed by atoms with Crippen LogP contribution in [0.25, 0.3) is 10.8 Å². The molecule has 4 aromatic carbocycles. The van der Waals surface area contributed by atoms with Crippen molar-refractivity contribution in [2.24, 2.45) is 0 Å². The highest BCUT2D eigenvalue weighted by Gasteiger charge is 2.51. The molecule has 0 aromatic heterocycles. The summed E-state index contributed by atoms with van der Waals surface area (Å²) in [7, 11) is 0. The van der Waals surface area contributed by atoms with Gasteiger partial charge in [-0.25, -0.2) is 0 Å². The summed E-state index contributed by atoms with van der Waals surface area (Å²) in [4.78, 5) is 28.2. The Morgan fingerprint density at radius 2 is 1.67 bits per heavy atom. The van der Waals surface area contributed by atoms with Gasteiger partial charge in [-0.3, -0.25) is 9.59 Å². The first-order valence-electron chi connectivity index (χ1n) is 10.8. The van der Waals surface area contributed by atoms with Crippen LogP contribution in [0.3, 0.4) is 0 Å². The van der Waals surface area contributed by atoms with Crippen molar-refractivity contribution in [3.8, 4) is 0 Å². The maximum absolute atomic E-state index is 13.6. The monoisotopic (exact) mass is 499 g/mol. The molecule has 1 amide bonds. The molecule has 1 atom stereocenters. The maximum atomic E-state index is 13.6. The second-order valence-corrected chi connectivity index (χ2v) is 9.48. The quantitative estimate of drug-likeness (QED) is 0.346. The van der Waals surface area contributed by atoms with Crippen LogP contribution in [0, 0.1) is 6.92 Å². The molecule has 5 rings (SSSR count). The number of ketones is 1. The Labute approximate surface area is 200 Å². The molecule has 1 aliphatic heterocycles. The number of rotatable bonds is 5. The number of anilines is 1. The third-order valence-corrected chi connectivity index (χ3v) is 6.73. The van der Waals surface area contributed by atoms with E-state index in [1.807, 2.05) is 67.6 Å². The number of carbonyl (C=O) groups is 2. The van der Waals surface area contributed by atoms with E-state index in [-0.39, 0.29) is 12.2 Å². The molecule has 0 saturated carbocycles. The summed E-state index contributed by atoms with van der Waals surface area (Å²) in [6.45, 7) is 2.25. The van der Waals surface area contributed by atoms with E-state index in [0.29, 0.717) is 23.4 Å². The van der Waals surface area contributed by atoms with Crippen LogP contribution in [0.2, 0.25) is 0 Å². The molecule has 5 heteroatoms. The summed E-state index contributed by atoms with van der Waals surface area (Å²) in [5, 5.41) is 13.8. The van der Waals surface area contributed by atoms with Gasteiger partial charge in [-0.2, -0.15) is 0 Å². The summed E-state index contributed by atoms with van der Waals surface area (Å²) >= 11 is 3.44. The smallest absolute Gasteiger partial charge is 0.264 e. The van der Waals surface area contributed by atoms with Crippen molar-refractivity contribution in [2.45, 2.75) is 25.5 Å². The SMILES string of the molecule is Cc1ccc(C(=O)CC2(O)C(=O)N(Cc3ccc4ccccc4c3)c3ccc(Br)cc32)cc1. The van der Waals surface area contributed by atoms with Crippen LogP contribution in [-0.4, -0.2) is 16.8 Å². The van der Waals surface area contributed by atoms with Gasteiger partial charge in [-0.15, -0.1) is 0 Å². The van der Waals surface area contributed by atoms with E-state index in [2.05, 4.69) is 22.0 Å². The second-order valence-electron chi connectivity index (χ2n) is 8.56. The first-order valence-corrected chi connectivity index (χ1v) is 11.6. The van der Waals surface area contributed by atoms with E-state index in [1.54, 1.807) is 23.1 Å². The van der Waals surface area contributed by atoms with E-state index in [9.17, 15) is 14.7 Å². The van der Waals surface area contributed by atoms with Gasteiger partial charge in [-0.1, -0.05) is 82.2 Å². The van der Waals surface area contributed by atoms with E-state index in [4.69, 9.17) is 0 Å². The number of benzene rings is 4. The topological polar surface area (TPSA) is 57.6 Å². The highest BCUT2D eigenvalue weighted by atomic mass is 79.9. The Kier molecular flexibility index (Phi) is 5.39. The number of Topliss-reactive ketones (excluding diaryl/α,β-unsaturated/α-hetero) is 1. The molecule has 1 aliphatic rings. The summed E-state index contributed by atoms with van der Waals surface area (Å²) in [6, 6.07) is 26.7. The number of aryl methyl sites for hydroxylation is 1. The standard InChI is InChI=1S/C28H22BrNO3/c1-18-6-9-21(10-7-18)26(31)16-28(33)24-15-23(29)12-13-25(24)30(27(28)32)17-19-8-11-20-4-2-3-5-22(20)14-19/h2-15,33H,16-17H2,1H3. The minimum atomic E-state index is -1.92. The lowest BCUT2D eigenvalue weighted by Crippen LogP contribution is -2.41. The van der Waals surface area contributed by atoms with Gasteiger partial charge in [0.2, 0.25) is 0 Å². The predicted octanol–water partition coefficient (Wildman–Crippen LogP) is 5.92. The molecule has 164 valence electrons. The molecule has 1 heterocycles. The number of amides is 1. The second kappa shape index (κ2) is 8.25. The van der Waals surface area contributed by atoms with Crippen molar-refractivity contribution in [2.75, 3.05) is 4.90 Å². The number of halogens is 1. The highest BCUT2D eigenvalue weighted by molar-refractivity contribution is 9.10. The Morgan fingerprint density at radius 1 is 0.939 bits per heavy atom. The van der Waals surface area contributed by atoms with Crippen molar-refractivity contribution in [1.82, 2.24) is 0 Å². The zero-order valence-corrected chi connectivity index (χ0v) is 19.7. The van der Waals surface area contributed by atoms with Crippen molar-refractivity contribution >= 4 is 44.1 Å². The molecule has 33 heavy (non-hydrogen) atoms. The minimum absolute atomic E-state index is 0.274. The largest absolute Gasteiger partial charge is 0.375 e. The minimum Gasteiger partial charge on any atom is -0.375 e. The summed E-state index contributed by atoms with van der Waals surface area (Å²) in [6.07, 6.45) is -0.313. The normalized spacial score (nSPS) is 17.4. The number of aliphatic hydroxyl groups is 1. The number of fused-ring (bicyclic) bond motifs is 2. The maximum Gasteiger partial charge on any atom is 0.264 e. The van der Waals surface area contributed by atoms with Crippen molar-refractivity contribution in [3.05, 3.63) is 112 Å². The van der Waals surface area contributed by atoms with Crippen LogP contribution >= 0.6 is 15.9 Å². The van der Waals surface area contributed by atoms with Crippen molar-refractivity contribution < 1.29 is 14.7 Å². The van der Waals surface area contributed by atoms with Gasteiger partial charge in [0.1, 0.15) is 0 Å². The van der Waals surface area contributed by atoms with E-state index >= 15 is 0 Å². The van der Waals surface area contributed by atoms with Crippen LogP contribution in [-0.2, 0) is 16.9 Å². The van der Waals surface area contributed by atoms with E-state index < -0.39 is 11.5 Å². The van der Waals surface area contributed by atoms with Gasteiger partial charge in [0, 0.05) is 15.6 Å². The number of nitrogens with zero attached hydrogens (tertiary/aromatic N) is 1. The fourth-order valence-corrected chi connectivity index (χ4v) is 4.81. The van der Waals surface area contributed by atoms with Crippen LogP contribution in [0.1, 0.15) is 33.5 Å². The molecule has 0 fully saturated rings. The van der Waals surface area contributed by atoms with Gasteiger partial charge in [0.15, 0.2) is 11.4 Å². The molecule has 4 nitrogen and oxygen atoms in total.